The van der Waals surface area contributed by atoms with E-state index >= 15 is 0 Å². The Balaban J connectivity index is 1.57. The van der Waals surface area contributed by atoms with E-state index < -0.39 is 41.4 Å². The third-order valence-electron chi connectivity index (χ3n) is 6.22. The fourth-order valence-electron chi connectivity index (χ4n) is 4.46. The van der Waals surface area contributed by atoms with Crippen LogP contribution >= 0.6 is 0 Å². The summed E-state index contributed by atoms with van der Waals surface area (Å²) >= 11 is 0. The van der Waals surface area contributed by atoms with Gasteiger partial charge in [-0.2, -0.15) is 17.6 Å². The molecule has 8 heteroatoms. The summed E-state index contributed by atoms with van der Waals surface area (Å²) in [5.41, 5.74) is 0.441. The van der Waals surface area contributed by atoms with Gasteiger partial charge in [0.05, 0.1) is 5.56 Å². The SMILES string of the molecule is CCC[C@H]1CC[C@H](CCc2ccc(C(F)(F)Oc3cc(F)c(OC(F)F)c(F)c3)cc2)CC1. The van der Waals surface area contributed by atoms with Crippen molar-refractivity contribution in [2.45, 2.75) is 71.0 Å². The summed E-state index contributed by atoms with van der Waals surface area (Å²) in [4.78, 5) is 0. The molecule has 0 N–H and O–H groups in total. The van der Waals surface area contributed by atoms with Crippen LogP contribution < -0.4 is 9.47 Å². The van der Waals surface area contributed by atoms with E-state index in [0.717, 1.165) is 24.3 Å². The van der Waals surface area contributed by atoms with Crippen molar-refractivity contribution in [1.82, 2.24) is 0 Å². The number of aryl methyl sites for hydroxylation is 1. The maximum absolute atomic E-state index is 14.5. The highest BCUT2D eigenvalue weighted by atomic mass is 19.3. The van der Waals surface area contributed by atoms with Crippen LogP contribution in [0.3, 0.4) is 0 Å². The van der Waals surface area contributed by atoms with Gasteiger partial charge in [-0.3, -0.25) is 0 Å². The molecule has 1 aliphatic rings. The fourth-order valence-corrected chi connectivity index (χ4v) is 4.46. The molecule has 0 aliphatic heterocycles. The molecular formula is C25H28F6O2. The standard InChI is InChI=1S/C25H28F6O2/c1-2-3-16-4-6-17(7-5-16)8-9-18-10-12-19(13-11-18)25(30,31)33-20-14-21(26)23(22(27)15-20)32-24(28)29/h10-17,24H,2-9H2,1H3/t16-,17-. The molecule has 0 saturated heterocycles. The molecule has 1 aliphatic carbocycles. The number of rotatable bonds is 10. The van der Waals surface area contributed by atoms with Crippen molar-refractivity contribution in [2.75, 3.05) is 0 Å². The van der Waals surface area contributed by atoms with Crippen LogP contribution in [0.25, 0.3) is 0 Å². The predicted molar refractivity (Wildman–Crippen MR) is 113 cm³/mol. The molecule has 33 heavy (non-hydrogen) atoms. The Morgan fingerprint density at radius 3 is 1.97 bits per heavy atom. The van der Waals surface area contributed by atoms with Gasteiger partial charge in [0.25, 0.3) is 0 Å². The third-order valence-corrected chi connectivity index (χ3v) is 6.22. The normalized spacial score (nSPS) is 19.0. The second-order valence-electron chi connectivity index (χ2n) is 8.62. The first-order chi connectivity index (χ1) is 15.7. The molecule has 0 atom stereocenters. The summed E-state index contributed by atoms with van der Waals surface area (Å²) in [6.45, 7) is -1.25. The van der Waals surface area contributed by atoms with E-state index in [9.17, 15) is 26.3 Å². The first kappa shape index (κ1) is 25.2. The monoisotopic (exact) mass is 474 g/mol. The van der Waals surface area contributed by atoms with Crippen LogP contribution in [0.2, 0.25) is 0 Å². The molecule has 0 radical (unpaired) electrons. The summed E-state index contributed by atoms with van der Waals surface area (Å²) < 4.78 is 89.2. The number of alkyl halides is 4. The molecule has 182 valence electrons. The van der Waals surface area contributed by atoms with Crippen molar-refractivity contribution in [3.05, 3.63) is 59.2 Å². The Morgan fingerprint density at radius 2 is 1.45 bits per heavy atom. The van der Waals surface area contributed by atoms with Gasteiger partial charge in [0.1, 0.15) is 5.75 Å². The van der Waals surface area contributed by atoms with Crippen LogP contribution in [0.1, 0.15) is 63.0 Å². The maximum Gasteiger partial charge on any atom is 0.426 e. The summed E-state index contributed by atoms with van der Waals surface area (Å²) in [5, 5.41) is 0. The first-order valence-electron chi connectivity index (χ1n) is 11.3. The molecule has 0 heterocycles. The topological polar surface area (TPSA) is 18.5 Å². The molecule has 3 rings (SSSR count). The van der Waals surface area contributed by atoms with Crippen molar-refractivity contribution in [1.29, 1.82) is 0 Å². The van der Waals surface area contributed by atoms with E-state index in [4.69, 9.17) is 0 Å². The molecule has 2 aromatic carbocycles. The van der Waals surface area contributed by atoms with E-state index in [1.54, 1.807) is 12.1 Å². The molecule has 0 aromatic heterocycles. The minimum absolute atomic E-state index is 0.373. The lowest BCUT2D eigenvalue weighted by molar-refractivity contribution is -0.185. The summed E-state index contributed by atoms with van der Waals surface area (Å²) in [7, 11) is 0. The molecule has 0 amide bonds. The van der Waals surface area contributed by atoms with Gasteiger partial charge in [-0.15, -0.1) is 0 Å². The quantitative estimate of drug-likeness (QED) is 0.323. The van der Waals surface area contributed by atoms with E-state index in [2.05, 4.69) is 16.4 Å². The molecular weight excluding hydrogens is 446 g/mol. The lowest BCUT2D eigenvalue weighted by Gasteiger charge is -2.28. The highest BCUT2D eigenvalue weighted by Gasteiger charge is 2.35. The second-order valence-corrected chi connectivity index (χ2v) is 8.62. The predicted octanol–water partition coefficient (Wildman–Crippen LogP) is 8.23. The molecule has 0 unspecified atom stereocenters. The van der Waals surface area contributed by atoms with Crippen molar-refractivity contribution >= 4 is 0 Å². The van der Waals surface area contributed by atoms with Gasteiger partial charge in [-0.1, -0.05) is 57.6 Å². The van der Waals surface area contributed by atoms with E-state index in [-0.39, 0.29) is 0 Å². The average Bonchev–Trinajstić information content (AvgIpc) is 2.76. The van der Waals surface area contributed by atoms with E-state index in [1.165, 1.54) is 50.7 Å². The van der Waals surface area contributed by atoms with Crippen LogP contribution in [0.5, 0.6) is 11.5 Å². The van der Waals surface area contributed by atoms with Gasteiger partial charge in [0.2, 0.25) is 0 Å². The van der Waals surface area contributed by atoms with Crippen LogP contribution in [0.15, 0.2) is 36.4 Å². The summed E-state index contributed by atoms with van der Waals surface area (Å²) in [6, 6.07) is 6.37. The van der Waals surface area contributed by atoms with E-state index in [0.29, 0.717) is 18.1 Å². The Morgan fingerprint density at radius 1 is 0.909 bits per heavy atom. The number of hydrogen-bond acceptors (Lipinski definition) is 2. The van der Waals surface area contributed by atoms with Crippen molar-refractivity contribution < 1.29 is 35.8 Å². The van der Waals surface area contributed by atoms with E-state index in [1.807, 2.05) is 0 Å². The second kappa shape index (κ2) is 11.2. The van der Waals surface area contributed by atoms with Crippen LogP contribution in [0.4, 0.5) is 26.3 Å². The zero-order chi connectivity index (χ0) is 24.0. The van der Waals surface area contributed by atoms with Crippen LogP contribution in [-0.4, -0.2) is 6.61 Å². The average molecular weight is 474 g/mol. The highest BCUT2D eigenvalue weighted by Crippen LogP contribution is 2.36. The first-order valence-corrected chi connectivity index (χ1v) is 11.3. The zero-order valence-electron chi connectivity index (χ0n) is 18.4. The Bertz CT molecular complexity index is 869. The largest absolute Gasteiger partial charge is 0.429 e. The van der Waals surface area contributed by atoms with Crippen molar-refractivity contribution in [2.24, 2.45) is 11.8 Å². The Kier molecular flexibility index (Phi) is 8.54. The molecule has 2 nitrogen and oxygen atoms in total. The molecule has 2 aromatic rings. The lowest BCUT2D eigenvalue weighted by Crippen LogP contribution is -2.22. The maximum atomic E-state index is 14.5. The van der Waals surface area contributed by atoms with Crippen molar-refractivity contribution in [3.63, 3.8) is 0 Å². The van der Waals surface area contributed by atoms with Gasteiger partial charge in [-0.05, 0) is 42.4 Å². The van der Waals surface area contributed by atoms with Crippen molar-refractivity contribution in [3.8, 4) is 11.5 Å². The minimum Gasteiger partial charge on any atom is -0.429 e. The third kappa shape index (κ3) is 7.05. The minimum atomic E-state index is -3.87. The van der Waals surface area contributed by atoms with Gasteiger partial charge in [0, 0.05) is 12.1 Å². The van der Waals surface area contributed by atoms with Crippen LogP contribution in [-0.2, 0) is 12.5 Å². The number of ether oxygens (including phenoxy) is 2. The number of halogens is 6. The Hall–Kier alpha value is -2.38. The van der Waals surface area contributed by atoms with Gasteiger partial charge in [0.15, 0.2) is 17.4 Å². The molecule has 1 saturated carbocycles. The molecule has 0 spiro atoms. The molecule has 0 bridgehead atoms. The summed E-state index contributed by atoms with van der Waals surface area (Å²) in [5.74, 6) is -3.85. The smallest absolute Gasteiger partial charge is 0.426 e. The van der Waals surface area contributed by atoms with Crippen LogP contribution in [0, 0.1) is 23.5 Å². The summed E-state index contributed by atoms with van der Waals surface area (Å²) in [6.07, 6.45) is 5.38. The van der Waals surface area contributed by atoms with Gasteiger partial charge < -0.3 is 9.47 Å². The number of benzene rings is 2. The molecule has 1 fully saturated rings. The van der Waals surface area contributed by atoms with Gasteiger partial charge in [-0.25, -0.2) is 8.78 Å². The highest BCUT2D eigenvalue weighted by molar-refractivity contribution is 5.36. The number of hydrogen-bond donors (Lipinski definition) is 0. The van der Waals surface area contributed by atoms with Gasteiger partial charge >= 0.3 is 12.7 Å². The Labute approximate surface area is 189 Å². The lowest BCUT2D eigenvalue weighted by atomic mass is 9.78. The zero-order valence-corrected chi connectivity index (χ0v) is 18.4. The fraction of sp³-hybridized carbons (Fsp3) is 0.520.